The van der Waals surface area contributed by atoms with Crippen LogP contribution >= 0.6 is 23.2 Å². The average Bonchev–Trinajstić information content (AvgIpc) is 2.46. The Hall–Kier alpha value is -1.23. The minimum absolute atomic E-state index is 0.0396. The maximum absolute atomic E-state index is 6.18. The lowest BCUT2D eigenvalue weighted by Crippen LogP contribution is -2.34. The van der Waals surface area contributed by atoms with Crippen LogP contribution in [0.2, 0.25) is 10.0 Å². The first-order valence-corrected chi connectivity index (χ1v) is 7.59. The molecular weight excluding hydrogens is 309 g/mol. The van der Waals surface area contributed by atoms with Gasteiger partial charge in [0.05, 0.1) is 25.8 Å². The summed E-state index contributed by atoms with van der Waals surface area (Å²) in [7, 11) is 0. The molecular formula is C15H19Cl2N3O. The Balaban J connectivity index is 1.94. The maximum Gasteiger partial charge on any atom is 0.189 e. The third kappa shape index (κ3) is 4.92. The Kier molecular flexibility index (Phi) is 5.91. The zero-order valence-electron chi connectivity index (χ0n) is 11.9. The van der Waals surface area contributed by atoms with Gasteiger partial charge in [0.2, 0.25) is 0 Å². The van der Waals surface area contributed by atoms with Crippen LogP contribution in [0.4, 0.5) is 0 Å². The standard InChI is InChI=1S/C15H19Cl2N3O/c1-10(13-3-2-12(16)8-14(13)17)20-15(18)19-9-11-4-6-21-7-5-11/h2-4,8,10H,5-7,9H2,1H3,(H3,18,19,20). The molecule has 21 heavy (non-hydrogen) atoms. The largest absolute Gasteiger partial charge is 0.377 e. The van der Waals surface area contributed by atoms with Crippen molar-refractivity contribution in [1.82, 2.24) is 5.32 Å². The van der Waals surface area contributed by atoms with E-state index in [1.54, 1.807) is 12.1 Å². The van der Waals surface area contributed by atoms with Crippen LogP contribution in [-0.4, -0.2) is 25.7 Å². The van der Waals surface area contributed by atoms with Crippen LogP contribution in [0.5, 0.6) is 0 Å². The fourth-order valence-electron chi connectivity index (χ4n) is 2.09. The molecule has 6 heteroatoms. The van der Waals surface area contributed by atoms with E-state index in [-0.39, 0.29) is 6.04 Å². The molecule has 1 aliphatic heterocycles. The minimum atomic E-state index is -0.0396. The summed E-state index contributed by atoms with van der Waals surface area (Å²) in [6.07, 6.45) is 2.97. The first-order valence-electron chi connectivity index (χ1n) is 6.83. The summed E-state index contributed by atoms with van der Waals surface area (Å²) < 4.78 is 5.25. The highest BCUT2D eigenvalue weighted by atomic mass is 35.5. The molecule has 3 N–H and O–H groups in total. The first kappa shape index (κ1) is 16.1. The van der Waals surface area contributed by atoms with Crippen LogP contribution in [0, 0.1) is 0 Å². The van der Waals surface area contributed by atoms with Crippen molar-refractivity contribution >= 4 is 29.2 Å². The van der Waals surface area contributed by atoms with E-state index < -0.39 is 0 Å². The molecule has 0 bridgehead atoms. The van der Waals surface area contributed by atoms with Gasteiger partial charge in [-0.15, -0.1) is 0 Å². The maximum atomic E-state index is 6.18. The van der Waals surface area contributed by atoms with E-state index in [1.807, 2.05) is 13.0 Å². The summed E-state index contributed by atoms with van der Waals surface area (Å²) in [5.41, 5.74) is 8.11. The Morgan fingerprint density at radius 3 is 2.95 bits per heavy atom. The van der Waals surface area contributed by atoms with Crippen LogP contribution in [0.25, 0.3) is 0 Å². The molecule has 0 saturated carbocycles. The van der Waals surface area contributed by atoms with Gasteiger partial charge in [-0.2, -0.15) is 0 Å². The summed E-state index contributed by atoms with van der Waals surface area (Å²) >= 11 is 12.1. The number of hydrogen-bond donors (Lipinski definition) is 2. The SMILES string of the molecule is CC(NC(N)=NCC1=CCOCC1)c1ccc(Cl)cc1Cl. The molecule has 2 rings (SSSR count). The summed E-state index contributed by atoms with van der Waals surface area (Å²) in [6, 6.07) is 5.37. The Morgan fingerprint density at radius 1 is 1.48 bits per heavy atom. The number of benzene rings is 1. The van der Waals surface area contributed by atoms with E-state index in [2.05, 4.69) is 16.4 Å². The quantitative estimate of drug-likeness (QED) is 0.506. The van der Waals surface area contributed by atoms with Gasteiger partial charge in [0.1, 0.15) is 0 Å². The van der Waals surface area contributed by atoms with Gasteiger partial charge >= 0.3 is 0 Å². The summed E-state index contributed by atoms with van der Waals surface area (Å²) in [6.45, 7) is 3.99. The third-order valence-corrected chi connectivity index (χ3v) is 3.87. The lowest BCUT2D eigenvalue weighted by molar-refractivity contribution is 0.154. The summed E-state index contributed by atoms with van der Waals surface area (Å²) in [5.74, 6) is 0.404. The van der Waals surface area contributed by atoms with Gasteiger partial charge in [0, 0.05) is 10.0 Å². The van der Waals surface area contributed by atoms with Gasteiger partial charge in [-0.1, -0.05) is 35.3 Å². The number of nitrogens with two attached hydrogens (primary N) is 1. The Bertz CT molecular complexity index is 558. The predicted molar refractivity (Wildman–Crippen MR) is 88.0 cm³/mol. The second kappa shape index (κ2) is 7.69. The second-order valence-corrected chi connectivity index (χ2v) is 5.76. The number of guanidine groups is 1. The van der Waals surface area contributed by atoms with Gasteiger partial charge < -0.3 is 15.8 Å². The molecule has 0 saturated heterocycles. The van der Waals surface area contributed by atoms with Gasteiger partial charge in [0.15, 0.2) is 5.96 Å². The fourth-order valence-corrected chi connectivity index (χ4v) is 2.67. The van der Waals surface area contributed by atoms with E-state index in [0.29, 0.717) is 29.2 Å². The van der Waals surface area contributed by atoms with Crippen molar-refractivity contribution in [3.8, 4) is 0 Å². The minimum Gasteiger partial charge on any atom is -0.377 e. The van der Waals surface area contributed by atoms with Crippen molar-refractivity contribution in [1.29, 1.82) is 0 Å². The van der Waals surface area contributed by atoms with Crippen LogP contribution in [0.15, 0.2) is 34.8 Å². The van der Waals surface area contributed by atoms with E-state index in [0.717, 1.165) is 18.6 Å². The summed E-state index contributed by atoms with van der Waals surface area (Å²) in [4.78, 5) is 4.35. The highest BCUT2D eigenvalue weighted by Crippen LogP contribution is 2.25. The molecule has 1 atom stereocenters. The fraction of sp³-hybridized carbons (Fsp3) is 0.400. The zero-order chi connectivity index (χ0) is 15.2. The van der Waals surface area contributed by atoms with E-state index in [1.165, 1.54) is 5.57 Å². The van der Waals surface area contributed by atoms with Crippen molar-refractivity contribution in [3.63, 3.8) is 0 Å². The topological polar surface area (TPSA) is 59.6 Å². The molecule has 0 aliphatic carbocycles. The Labute approximate surface area is 135 Å². The lowest BCUT2D eigenvalue weighted by Gasteiger charge is -2.17. The first-order chi connectivity index (χ1) is 10.1. The third-order valence-electron chi connectivity index (χ3n) is 3.30. The van der Waals surface area contributed by atoms with Crippen molar-refractivity contribution in [3.05, 3.63) is 45.5 Å². The second-order valence-electron chi connectivity index (χ2n) is 4.92. The molecule has 0 aromatic heterocycles. The smallest absolute Gasteiger partial charge is 0.189 e. The number of rotatable bonds is 4. The number of ether oxygens (including phenoxy) is 1. The highest BCUT2D eigenvalue weighted by Gasteiger charge is 2.11. The Morgan fingerprint density at radius 2 is 2.29 bits per heavy atom. The molecule has 0 spiro atoms. The number of aliphatic imine (C=N–C) groups is 1. The number of nitrogens with one attached hydrogen (secondary N) is 1. The molecule has 4 nitrogen and oxygen atoms in total. The van der Waals surface area contributed by atoms with E-state index >= 15 is 0 Å². The van der Waals surface area contributed by atoms with Crippen LogP contribution in [0.1, 0.15) is 24.9 Å². The van der Waals surface area contributed by atoms with Crippen molar-refractivity contribution in [2.24, 2.45) is 10.7 Å². The van der Waals surface area contributed by atoms with Crippen molar-refractivity contribution < 1.29 is 4.74 Å². The molecule has 0 amide bonds. The molecule has 0 fully saturated rings. The van der Waals surface area contributed by atoms with E-state index in [4.69, 9.17) is 33.7 Å². The summed E-state index contributed by atoms with van der Waals surface area (Å²) in [5, 5.41) is 4.37. The highest BCUT2D eigenvalue weighted by molar-refractivity contribution is 6.35. The predicted octanol–water partition coefficient (Wildman–Crippen LogP) is 3.31. The lowest BCUT2D eigenvalue weighted by atomic mass is 10.1. The molecule has 1 aliphatic rings. The normalized spacial score (nSPS) is 17.3. The monoisotopic (exact) mass is 327 g/mol. The van der Waals surface area contributed by atoms with Crippen molar-refractivity contribution in [2.45, 2.75) is 19.4 Å². The van der Waals surface area contributed by atoms with Crippen LogP contribution in [0.3, 0.4) is 0 Å². The van der Waals surface area contributed by atoms with Crippen molar-refractivity contribution in [2.75, 3.05) is 19.8 Å². The van der Waals surface area contributed by atoms with Gasteiger partial charge in [-0.05, 0) is 36.6 Å². The van der Waals surface area contributed by atoms with Gasteiger partial charge in [0.25, 0.3) is 0 Å². The number of halogens is 2. The molecule has 1 aromatic carbocycles. The van der Waals surface area contributed by atoms with Gasteiger partial charge in [-0.3, -0.25) is 0 Å². The molecule has 114 valence electrons. The van der Waals surface area contributed by atoms with E-state index in [9.17, 15) is 0 Å². The average molecular weight is 328 g/mol. The van der Waals surface area contributed by atoms with Crippen LogP contribution in [-0.2, 0) is 4.74 Å². The molecule has 1 unspecified atom stereocenters. The number of nitrogens with zero attached hydrogens (tertiary/aromatic N) is 1. The zero-order valence-corrected chi connectivity index (χ0v) is 13.4. The molecule has 1 aromatic rings. The van der Waals surface area contributed by atoms with Gasteiger partial charge in [-0.25, -0.2) is 4.99 Å². The van der Waals surface area contributed by atoms with Crippen LogP contribution < -0.4 is 11.1 Å². The molecule has 1 heterocycles. The number of hydrogen-bond acceptors (Lipinski definition) is 2. The molecule has 0 radical (unpaired) electrons.